The van der Waals surface area contributed by atoms with Gasteiger partial charge in [0, 0.05) is 18.2 Å². The lowest BCUT2D eigenvalue weighted by Crippen LogP contribution is -2.36. The maximum atomic E-state index is 13.6. The fourth-order valence-corrected chi connectivity index (χ4v) is 3.45. The van der Waals surface area contributed by atoms with Crippen molar-refractivity contribution in [3.05, 3.63) is 54.1 Å². The fourth-order valence-electron chi connectivity index (χ4n) is 3.45. The molecule has 0 saturated heterocycles. The van der Waals surface area contributed by atoms with Gasteiger partial charge in [0.05, 0.1) is 17.5 Å². The van der Waals surface area contributed by atoms with Crippen molar-refractivity contribution in [3.8, 4) is 5.75 Å². The molecule has 8 heteroatoms. The third kappa shape index (κ3) is 5.12. The summed E-state index contributed by atoms with van der Waals surface area (Å²) in [4.78, 5) is 25.7. The molecular formula is C24H27F2N3O3. The van der Waals surface area contributed by atoms with E-state index in [2.05, 4.69) is 24.3 Å². The molecule has 2 aromatic carbocycles. The summed E-state index contributed by atoms with van der Waals surface area (Å²) >= 11 is 0. The van der Waals surface area contributed by atoms with Crippen LogP contribution in [0.25, 0.3) is 0 Å². The lowest BCUT2D eigenvalue weighted by Gasteiger charge is -2.18. The second-order valence-electron chi connectivity index (χ2n) is 7.83. The summed E-state index contributed by atoms with van der Waals surface area (Å²) in [5, 5.41) is 7.97. The molecule has 32 heavy (non-hydrogen) atoms. The maximum absolute atomic E-state index is 13.6. The van der Waals surface area contributed by atoms with Crippen LogP contribution in [-0.4, -0.2) is 23.6 Å². The van der Waals surface area contributed by atoms with Crippen molar-refractivity contribution in [2.45, 2.75) is 52.6 Å². The number of halogens is 2. The Kier molecular flexibility index (Phi) is 6.91. The third-order valence-electron chi connectivity index (χ3n) is 5.33. The first-order valence-corrected chi connectivity index (χ1v) is 10.6. The van der Waals surface area contributed by atoms with Gasteiger partial charge >= 0.3 is 0 Å². The Labute approximate surface area is 186 Å². The summed E-state index contributed by atoms with van der Waals surface area (Å²) in [5.41, 5.74) is 0.794. The molecule has 1 atom stereocenters. The van der Waals surface area contributed by atoms with Gasteiger partial charge < -0.3 is 10.1 Å². The molecule has 1 N–H and O–H groups in total. The first-order valence-electron chi connectivity index (χ1n) is 10.6. The number of carbonyl (C=O) groups excluding carboxylic acids is 2. The Balaban J connectivity index is 1.72. The number of ether oxygens (including phenoxy) is 1. The van der Waals surface area contributed by atoms with E-state index in [9.17, 15) is 18.4 Å². The molecule has 1 unspecified atom stereocenters. The van der Waals surface area contributed by atoms with Gasteiger partial charge in [-0.2, -0.15) is 10.1 Å². The second kappa shape index (κ2) is 9.46. The molecule has 1 aliphatic rings. The Hall–Kier alpha value is -3.29. The molecule has 1 heterocycles. The molecule has 2 aromatic rings. The molecular weight excluding hydrogens is 416 g/mol. The predicted octanol–water partition coefficient (Wildman–Crippen LogP) is 5.34. The second-order valence-corrected chi connectivity index (χ2v) is 7.83. The average Bonchev–Trinajstić information content (AvgIpc) is 3.06. The zero-order valence-electron chi connectivity index (χ0n) is 18.6. The van der Waals surface area contributed by atoms with E-state index < -0.39 is 23.7 Å². The number of hydrazone groups is 1. The van der Waals surface area contributed by atoms with Crippen LogP contribution < -0.4 is 15.1 Å². The first-order chi connectivity index (χ1) is 15.1. The largest absolute Gasteiger partial charge is 0.490 e. The minimum Gasteiger partial charge on any atom is -0.490 e. The van der Waals surface area contributed by atoms with Crippen LogP contribution in [0.4, 0.5) is 20.2 Å². The standard InChI is InChI=1S/C24H27F2N3O3/c1-5-19(6-2)32-20-12-10-18(11-13-20)29-23(31)21(15(3)28-29)22(30)27-17-9-7-8-16(14-17)24(4,25)26/h7-14,19,21H,5-6H2,1-4H3,(H,27,30). The summed E-state index contributed by atoms with van der Waals surface area (Å²) in [6, 6.07) is 12.3. The van der Waals surface area contributed by atoms with Crippen molar-refractivity contribution in [2.75, 3.05) is 10.3 Å². The number of nitrogens with one attached hydrogen (secondary N) is 1. The summed E-state index contributed by atoms with van der Waals surface area (Å²) in [5.74, 6) is -4.62. The third-order valence-corrected chi connectivity index (χ3v) is 5.33. The van der Waals surface area contributed by atoms with Crippen LogP contribution in [0, 0.1) is 5.92 Å². The SMILES string of the molecule is CCC(CC)Oc1ccc(N2N=C(C)C(C(=O)Nc3cccc(C(C)(F)F)c3)C2=O)cc1. The number of anilines is 2. The van der Waals surface area contributed by atoms with Crippen molar-refractivity contribution in [3.63, 3.8) is 0 Å². The van der Waals surface area contributed by atoms with Crippen molar-refractivity contribution in [2.24, 2.45) is 11.0 Å². The van der Waals surface area contributed by atoms with Gasteiger partial charge in [0.15, 0.2) is 5.92 Å². The molecule has 0 aliphatic carbocycles. The van der Waals surface area contributed by atoms with E-state index in [0.29, 0.717) is 17.1 Å². The molecule has 1 aliphatic heterocycles. The van der Waals surface area contributed by atoms with E-state index in [-0.39, 0.29) is 17.4 Å². The van der Waals surface area contributed by atoms with E-state index in [0.717, 1.165) is 19.8 Å². The van der Waals surface area contributed by atoms with Gasteiger partial charge in [0.1, 0.15) is 5.75 Å². The predicted molar refractivity (Wildman–Crippen MR) is 120 cm³/mol. The van der Waals surface area contributed by atoms with E-state index in [4.69, 9.17) is 4.74 Å². The Morgan fingerprint density at radius 3 is 2.44 bits per heavy atom. The van der Waals surface area contributed by atoms with Gasteiger partial charge in [-0.3, -0.25) is 9.59 Å². The molecule has 2 amide bonds. The molecule has 0 fully saturated rings. The monoisotopic (exact) mass is 443 g/mol. The summed E-state index contributed by atoms with van der Waals surface area (Å²) in [6.07, 6.45) is 1.90. The average molecular weight is 443 g/mol. The van der Waals surface area contributed by atoms with Crippen LogP contribution in [0.5, 0.6) is 5.75 Å². The normalized spacial score (nSPS) is 16.3. The van der Waals surface area contributed by atoms with Gasteiger partial charge in [0.25, 0.3) is 11.8 Å². The Morgan fingerprint density at radius 2 is 1.84 bits per heavy atom. The molecule has 0 spiro atoms. The highest BCUT2D eigenvalue weighted by atomic mass is 19.3. The molecule has 0 saturated carbocycles. The molecule has 0 bridgehead atoms. The quantitative estimate of drug-likeness (QED) is 0.560. The number of hydrogen-bond donors (Lipinski definition) is 1. The number of amides is 2. The van der Waals surface area contributed by atoms with Gasteiger partial charge in [-0.15, -0.1) is 0 Å². The smallest absolute Gasteiger partial charge is 0.270 e. The minimum absolute atomic E-state index is 0.119. The molecule has 170 valence electrons. The summed E-state index contributed by atoms with van der Waals surface area (Å²) < 4.78 is 33.0. The molecule has 6 nitrogen and oxygen atoms in total. The van der Waals surface area contributed by atoms with Crippen molar-refractivity contribution in [1.29, 1.82) is 0 Å². The number of nitrogens with zero attached hydrogens (tertiary/aromatic N) is 2. The van der Waals surface area contributed by atoms with Gasteiger partial charge in [0.2, 0.25) is 5.91 Å². The number of hydrogen-bond acceptors (Lipinski definition) is 4. The lowest BCUT2D eigenvalue weighted by molar-refractivity contribution is -0.127. The molecule has 0 aromatic heterocycles. The van der Waals surface area contributed by atoms with Crippen molar-refractivity contribution < 1.29 is 23.1 Å². The van der Waals surface area contributed by atoms with Crippen LogP contribution in [0.3, 0.4) is 0 Å². The van der Waals surface area contributed by atoms with E-state index in [1.807, 2.05) is 0 Å². The highest BCUT2D eigenvalue weighted by molar-refractivity contribution is 6.28. The van der Waals surface area contributed by atoms with Crippen LogP contribution in [0.2, 0.25) is 0 Å². The first kappa shape index (κ1) is 23.4. The highest BCUT2D eigenvalue weighted by Gasteiger charge is 2.40. The van der Waals surface area contributed by atoms with Crippen LogP contribution in [0.1, 0.15) is 46.1 Å². The van der Waals surface area contributed by atoms with Gasteiger partial charge in [-0.25, -0.2) is 8.78 Å². The zero-order chi connectivity index (χ0) is 23.5. The summed E-state index contributed by atoms with van der Waals surface area (Å²) in [7, 11) is 0. The van der Waals surface area contributed by atoms with E-state index in [1.165, 1.54) is 29.3 Å². The molecule has 3 rings (SSSR count). The van der Waals surface area contributed by atoms with Crippen molar-refractivity contribution in [1.82, 2.24) is 0 Å². The Bertz CT molecular complexity index is 1010. The van der Waals surface area contributed by atoms with Crippen LogP contribution in [-0.2, 0) is 15.5 Å². The van der Waals surface area contributed by atoms with Gasteiger partial charge in [-0.1, -0.05) is 26.0 Å². The van der Waals surface area contributed by atoms with Gasteiger partial charge in [-0.05, 0) is 56.2 Å². The number of benzene rings is 2. The van der Waals surface area contributed by atoms with E-state index in [1.54, 1.807) is 31.2 Å². The fraction of sp³-hybridized carbons (Fsp3) is 0.375. The summed E-state index contributed by atoms with van der Waals surface area (Å²) in [6.45, 7) is 6.48. The Morgan fingerprint density at radius 1 is 1.19 bits per heavy atom. The number of rotatable bonds is 8. The number of alkyl halides is 2. The lowest BCUT2D eigenvalue weighted by atomic mass is 10.0. The minimum atomic E-state index is -3.04. The van der Waals surface area contributed by atoms with Crippen molar-refractivity contribution >= 4 is 28.9 Å². The number of carbonyl (C=O) groups is 2. The van der Waals surface area contributed by atoms with Crippen LogP contribution >= 0.6 is 0 Å². The highest BCUT2D eigenvalue weighted by Crippen LogP contribution is 2.30. The molecule has 0 radical (unpaired) electrons. The zero-order valence-corrected chi connectivity index (χ0v) is 18.6. The van der Waals surface area contributed by atoms with E-state index >= 15 is 0 Å². The topological polar surface area (TPSA) is 71.0 Å². The maximum Gasteiger partial charge on any atom is 0.270 e. The van der Waals surface area contributed by atoms with Crippen LogP contribution in [0.15, 0.2) is 53.6 Å².